The third kappa shape index (κ3) is 4.45. The van der Waals surface area contributed by atoms with E-state index in [0.29, 0.717) is 5.56 Å². The average Bonchev–Trinajstić information content (AvgIpc) is 3.01. The first-order valence-corrected chi connectivity index (χ1v) is 10.1. The van der Waals surface area contributed by atoms with Gasteiger partial charge in [0.15, 0.2) is 0 Å². The molecule has 1 heterocycles. The summed E-state index contributed by atoms with van der Waals surface area (Å²) in [4.78, 5) is 27.1. The molecule has 1 saturated heterocycles. The van der Waals surface area contributed by atoms with Gasteiger partial charge in [-0.05, 0) is 24.5 Å². The smallest absolute Gasteiger partial charge is 0.295 e. The number of carbonyl (C=O) groups excluding carboxylic acids is 2. The van der Waals surface area contributed by atoms with Gasteiger partial charge < -0.3 is 19.8 Å². The van der Waals surface area contributed by atoms with Crippen LogP contribution in [0.15, 0.2) is 54.1 Å². The number of likely N-dealkylation sites (tertiary alicyclic amines) is 1. The normalized spacial score (nSPS) is 18.2. The van der Waals surface area contributed by atoms with Crippen molar-refractivity contribution in [2.75, 3.05) is 26.4 Å². The summed E-state index contributed by atoms with van der Waals surface area (Å²) in [7, 11) is 0. The van der Waals surface area contributed by atoms with Gasteiger partial charge in [0, 0.05) is 12.1 Å². The van der Waals surface area contributed by atoms with Crippen LogP contribution in [0.1, 0.15) is 35.2 Å². The molecule has 1 amide bonds. The summed E-state index contributed by atoms with van der Waals surface area (Å²) in [6.07, 6.45) is 0.874. The fourth-order valence-electron chi connectivity index (χ4n) is 3.59. The zero-order valence-corrected chi connectivity index (χ0v) is 17.3. The van der Waals surface area contributed by atoms with Crippen molar-refractivity contribution in [2.45, 2.75) is 26.3 Å². The molecule has 2 aromatic rings. The van der Waals surface area contributed by atoms with Crippen molar-refractivity contribution in [1.29, 1.82) is 0 Å². The number of nitrogens with zero attached hydrogens (tertiary/aromatic N) is 1. The van der Waals surface area contributed by atoms with Crippen LogP contribution in [0.3, 0.4) is 0 Å². The van der Waals surface area contributed by atoms with Crippen LogP contribution in [0.25, 0.3) is 5.76 Å². The molecule has 1 aliphatic rings. The van der Waals surface area contributed by atoms with E-state index in [4.69, 9.17) is 9.84 Å². The number of aliphatic hydroxyl groups is 2. The monoisotopic (exact) mass is 409 g/mol. The lowest BCUT2D eigenvalue weighted by molar-refractivity contribution is -0.140. The highest BCUT2D eigenvalue weighted by atomic mass is 16.5. The minimum Gasteiger partial charge on any atom is -0.507 e. The number of carbonyl (C=O) groups is 2. The van der Waals surface area contributed by atoms with Crippen molar-refractivity contribution in [2.24, 2.45) is 0 Å². The Morgan fingerprint density at radius 1 is 1.03 bits per heavy atom. The van der Waals surface area contributed by atoms with Gasteiger partial charge in [0.1, 0.15) is 5.76 Å². The van der Waals surface area contributed by atoms with Crippen LogP contribution in [-0.2, 0) is 20.7 Å². The molecule has 0 bridgehead atoms. The summed E-state index contributed by atoms with van der Waals surface area (Å²) in [6, 6.07) is 14.2. The number of ether oxygens (including phenoxy) is 1. The maximum Gasteiger partial charge on any atom is 0.295 e. The van der Waals surface area contributed by atoms with E-state index < -0.39 is 17.7 Å². The van der Waals surface area contributed by atoms with E-state index in [0.717, 1.165) is 23.1 Å². The Hall–Kier alpha value is -2.96. The molecule has 0 radical (unpaired) electrons. The lowest BCUT2D eigenvalue weighted by atomic mass is 9.94. The molecule has 6 nitrogen and oxygen atoms in total. The second-order valence-electron chi connectivity index (χ2n) is 7.29. The maximum atomic E-state index is 12.9. The van der Waals surface area contributed by atoms with Gasteiger partial charge in [-0.2, -0.15) is 0 Å². The van der Waals surface area contributed by atoms with Gasteiger partial charge in [-0.3, -0.25) is 9.59 Å². The molecular formula is C24H27NO5. The SMILES string of the molecule is CCc1ccc(C2/C(=C(\O)c3ccc(C)cc3)C(=O)C(=O)N2CCOCCO)cc1. The van der Waals surface area contributed by atoms with Gasteiger partial charge in [0.25, 0.3) is 11.7 Å². The number of rotatable bonds is 8. The Balaban J connectivity index is 2.05. The van der Waals surface area contributed by atoms with Crippen LogP contribution in [0, 0.1) is 6.92 Å². The molecule has 1 unspecified atom stereocenters. The number of benzene rings is 2. The van der Waals surface area contributed by atoms with Gasteiger partial charge in [0.05, 0.1) is 31.4 Å². The first kappa shape index (κ1) is 21.7. The van der Waals surface area contributed by atoms with Gasteiger partial charge in [0.2, 0.25) is 0 Å². The minimum absolute atomic E-state index is 0.0789. The average molecular weight is 409 g/mol. The number of hydrogen-bond acceptors (Lipinski definition) is 5. The van der Waals surface area contributed by atoms with Crippen LogP contribution < -0.4 is 0 Å². The van der Waals surface area contributed by atoms with Crippen LogP contribution in [0.2, 0.25) is 0 Å². The van der Waals surface area contributed by atoms with E-state index in [1.165, 1.54) is 4.90 Å². The van der Waals surface area contributed by atoms with E-state index in [2.05, 4.69) is 6.92 Å². The Labute approximate surface area is 176 Å². The summed E-state index contributed by atoms with van der Waals surface area (Å²) in [5.41, 5.74) is 3.49. The van der Waals surface area contributed by atoms with Crippen LogP contribution in [-0.4, -0.2) is 53.2 Å². The third-order valence-electron chi connectivity index (χ3n) is 5.28. The molecule has 0 spiro atoms. The Morgan fingerprint density at radius 2 is 1.70 bits per heavy atom. The second-order valence-corrected chi connectivity index (χ2v) is 7.29. The zero-order valence-electron chi connectivity index (χ0n) is 17.3. The predicted octanol–water partition coefficient (Wildman–Crippen LogP) is 2.99. The standard InChI is InChI=1S/C24H27NO5/c1-3-17-6-10-18(11-7-17)21-20(22(27)19-8-4-16(2)5-9-19)23(28)24(29)25(21)12-14-30-15-13-26/h4-11,21,26-27H,3,12-15H2,1-2H3/b22-20+. The molecule has 0 aliphatic carbocycles. The summed E-state index contributed by atoms with van der Waals surface area (Å²) < 4.78 is 5.31. The van der Waals surface area contributed by atoms with Crippen LogP contribution >= 0.6 is 0 Å². The fraction of sp³-hybridized carbons (Fsp3) is 0.333. The highest BCUT2D eigenvalue weighted by molar-refractivity contribution is 6.46. The molecule has 0 saturated carbocycles. The fourth-order valence-corrected chi connectivity index (χ4v) is 3.59. The van der Waals surface area contributed by atoms with Crippen LogP contribution in [0.4, 0.5) is 0 Å². The number of aliphatic hydroxyl groups excluding tert-OH is 2. The summed E-state index contributed by atoms with van der Waals surface area (Å²) in [5, 5.41) is 19.9. The maximum absolute atomic E-state index is 12.9. The van der Waals surface area contributed by atoms with Crippen molar-refractivity contribution < 1.29 is 24.5 Å². The van der Waals surface area contributed by atoms with Crippen molar-refractivity contribution >= 4 is 17.4 Å². The molecule has 1 atom stereocenters. The molecule has 0 aromatic heterocycles. The minimum atomic E-state index is -0.709. The molecule has 2 aromatic carbocycles. The highest BCUT2D eigenvalue weighted by Gasteiger charge is 2.45. The third-order valence-corrected chi connectivity index (χ3v) is 5.28. The first-order chi connectivity index (χ1) is 14.5. The van der Waals surface area contributed by atoms with Crippen molar-refractivity contribution in [3.05, 3.63) is 76.4 Å². The van der Waals surface area contributed by atoms with Crippen molar-refractivity contribution in [3.63, 3.8) is 0 Å². The second kappa shape index (κ2) is 9.69. The molecular weight excluding hydrogens is 382 g/mol. The number of aryl methyl sites for hydroxylation is 2. The number of hydrogen-bond donors (Lipinski definition) is 2. The summed E-state index contributed by atoms with van der Waals surface area (Å²) >= 11 is 0. The Morgan fingerprint density at radius 3 is 2.30 bits per heavy atom. The summed E-state index contributed by atoms with van der Waals surface area (Å²) in [5.74, 6) is -1.56. The van der Waals surface area contributed by atoms with E-state index in [9.17, 15) is 14.7 Å². The molecule has 30 heavy (non-hydrogen) atoms. The Kier molecular flexibility index (Phi) is 7.03. The topological polar surface area (TPSA) is 87.1 Å². The van der Waals surface area contributed by atoms with Crippen LogP contribution in [0.5, 0.6) is 0 Å². The lowest BCUT2D eigenvalue weighted by Crippen LogP contribution is -2.33. The predicted molar refractivity (Wildman–Crippen MR) is 114 cm³/mol. The molecule has 1 aliphatic heterocycles. The van der Waals surface area contributed by atoms with Crippen molar-refractivity contribution in [3.8, 4) is 0 Å². The van der Waals surface area contributed by atoms with Crippen molar-refractivity contribution in [1.82, 2.24) is 4.90 Å². The molecule has 1 fully saturated rings. The molecule has 2 N–H and O–H groups in total. The largest absolute Gasteiger partial charge is 0.507 e. The van der Waals surface area contributed by atoms with E-state index in [1.54, 1.807) is 12.1 Å². The quantitative estimate of drug-likeness (QED) is 0.303. The van der Waals surface area contributed by atoms with Gasteiger partial charge >= 0.3 is 0 Å². The number of ketones is 1. The lowest BCUT2D eigenvalue weighted by Gasteiger charge is -2.25. The van der Waals surface area contributed by atoms with Gasteiger partial charge in [-0.25, -0.2) is 0 Å². The van der Waals surface area contributed by atoms with E-state index in [1.807, 2.05) is 43.3 Å². The molecule has 158 valence electrons. The zero-order chi connectivity index (χ0) is 21.7. The Bertz CT molecular complexity index is 931. The van der Waals surface area contributed by atoms with E-state index in [-0.39, 0.29) is 37.7 Å². The first-order valence-electron chi connectivity index (χ1n) is 10.1. The number of Topliss-reactive ketones (excluding diaryl/α,β-unsaturated/α-hetero) is 1. The van der Waals surface area contributed by atoms with Gasteiger partial charge in [-0.15, -0.1) is 0 Å². The van der Waals surface area contributed by atoms with Gasteiger partial charge in [-0.1, -0.05) is 61.0 Å². The van der Waals surface area contributed by atoms with E-state index >= 15 is 0 Å². The highest BCUT2D eigenvalue weighted by Crippen LogP contribution is 2.39. The molecule has 6 heteroatoms. The summed E-state index contributed by atoms with van der Waals surface area (Å²) in [6.45, 7) is 4.38. The number of amides is 1. The molecule has 3 rings (SSSR count).